The highest BCUT2D eigenvalue weighted by atomic mass is 15.2. The lowest BCUT2D eigenvalue weighted by molar-refractivity contribution is 0.0286. The van der Waals surface area contributed by atoms with E-state index in [0.29, 0.717) is 6.04 Å². The summed E-state index contributed by atoms with van der Waals surface area (Å²) in [5.74, 6) is 1.46. The summed E-state index contributed by atoms with van der Waals surface area (Å²) in [6.07, 6.45) is 6.13. The molecule has 0 spiro atoms. The smallest absolute Gasteiger partial charge is 0.0517 e. The molecule has 1 aromatic rings. The van der Waals surface area contributed by atoms with Crippen LogP contribution in [0.5, 0.6) is 0 Å². The molecule has 2 heterocycles. The number of piperidine rings is 1. The van der Waals surface area contributed by atoms with Crippen molar-refractivity contribution in [3.63, 3.8) is 0 Å². The molecule has 0 saturated carbocycles. The van der Waals surface area contributed by atoms with Gasteiger partial charge in [-0.15, -0.1) is 0 Å². The van der Waals surface area contributed by atoms with Crippen LogP contribution in [0.15, 0.2) is 24.5 Å². The molecule has 1 aliphatic heterocycles. The highest BCUT2D eigenvalue weighted by Crippen LogP contribution is 2.35. The molecule has 20 heavy (non-hydrogen) atoms. The summed E-state index contributed by atoms with van der Waals surface area (Å²) < 4.78 is 0. The number of hydrogen-bond donors (Lipinski definition) is 1. The van der Waals surface area contributed by atoms with E-state index in [2.05, 4.69) is 43.6 Å². The molecular formula is C17H29N3. The van der Waals surface area contributed by atoms with E-state index < -0.39 is 0 Å². The van der Waals surface area contributed by atoms with Crippen molar-refractivity contribution in [1.29, 1.82) is 0 Å². The molecule has 1 aromatic heterocycles. The van der Waals surface area contributed by atoms with Gasteiger partial charge >= 0.3 is 0 Å². The summed E-state index contributed by atoms with van der Waals surface area (Å²) in [6.45, 7) is 10.4. The van der Waals surface area contributed by atoms with Gasteiger partial charge in [0.05, 0.1) is 6.04 Å². The molecule has 2 N–H and O–H groups in total. The molecule has 1 fully saturated rings. The third-order valence-corrected chi connectivity index (χ3v) is 4.90. The van der Waals surface area contributed by atoms with Gasteiger partial charge in [-0.05, 0) is 43.2 Å². The van der Waals surface area contributed by atoms with Crippen LogP contribution in [0.2, 0.25) is 0 Å². The van der Waals surface area contributed by atoms with Crippen LogP contribution >= 0.6 is 0 Å². The highest BCUT2D eigenvalue weighted by Gasteiger charge is 2.36. The third kappa shape index (κ3) is 3.21. The molecule has 5 atom stereocenters. The second-order valence-electron chi connectivity index (χ2n) is 6.56. The first-order valence-corrected chi connectivity index (χ1v) is 7.95. The van der Waals surface area contributed by atoms with E-state index in [4.69, 9.17) is 5.73 Å². The van der Waals surface area contributed by atoms with Crippen molar-refractivity contribution >= 4 is 0 Å². The van der Waals surface area contributed by atoms with Crippen LogP contribution in [0.25, 0.3) is 0 Å². The van der Waals surface area contributed by atoms with E-state index in [1.54, 1.807) is 0 Å². The van der Waals surface area contributed by atoms with Crippen LogP contribution < -0.4 is 5.73 Å². The fourth-order valence-corrected chi connectivity index (χ4v) is 3.58. The van der Waals surface area contributed by atoms with E-state index >= 15 is 0 Å². The Kier molecular flexibility index (Phi) is 5.17. The number of hydrogen-bond acceptors (Lipinski definition) is 3. The van der Waals surface area contributed by atoms with E-state index in [0.717, 1.165) is 24.8 Å². The Hall–Kier alpha value is -0.930. The molecule has 0 radical (unpaired) electrons. The lowest BCUT2D eigenvalue weighted by Gasteiger charge is -2.47. The van der Waals surface area contributed by atoms with Crippen molar-refractivity contribution in [2.45, 2.75) is 58.7 Å². The molecular weight excluding hydrogens is 246 g/mol. The van der Waals surface area contributed by atoms with E-state index in [-0.39, 0.29) is 12.1 Å². The molecule has 0 aromatic carbocycles. The van der Waals surface area contributed by atoms with Gasteiger partial charge in [0.25, 0.3) is 0 Å². The summed E-state index contributed by atoms with van der Waals surface area (Å²) in [5, 5.41) is 0. The Morgan fingerprint density at radius 1 is 1.40 bits per heavy atom. The van der Waals surface area contributed by atoms with Gasteiger partial charge in [-0.3, -0.25) is 9.88 Å². The SMILES string of the molecule is CCC(N)C(c1cccnc1)N1CC(C)CC(C)C1C. The molecule has 5 unspecified atom stereocenters. The predicted molar refractivity (Wildman–Crippen MR) is 84.4 cm³/mol. The number of pyridine rings is 1. The van der Waals surface area contributed by atoms with Crippen molar-refractivity contribution in [3.8, 4) is 0 Å². The molecule has 1 aliphatic rings. The minimum atomic E-state index is 0.166. The summed E-state index contributed by atoms with van der Waals surface area (Å²) in [5.41, 5.74) is 7.72. The molecule has 0 aliphatic carbocycles. The van der Waals surface area contributed by atoms with Crippen LogP contribution in [-0.2, 0) is 0 Å². The average Bonchev–Trinajstić information content (AvgIpc) is 2.45. The van der Waals surface area contributed by atoms with E-state index in [9.17, 15) is 0 Å². The first-order chi connectivity index (χ1) is 9.54. The van der Waals surface area contributed by atoms with Gasteiger partial charge in [0, 0.05) is 31.0 Å². The zero-order valence-corrected chi connectivity index (χ0v) is 13.3. The monoisotopic (exact) mass is 275 g/mol. The van der Waals surface area contributed by atoms with E-state index in [1.165, 1.54) is 12.0 Å². The van der Waals surface area contributed by atoms with E-state index in [1.807, 2.05) is 18.5 Å². The maximum Gasteiger partial charge on any atom is 0.0517 e. The minimum absolute atomic E-state index is 0.166. The topological polar surface area (TPSA) is 42.1 Å². The second kappa shape index (κ2) is 6.68. The maximum atomic E-state index is 6.46. The van der Waals surface area contributed by atoms with Gasteiger partial charge in [0.1, 0.15) is 0 Å². The number of nitrogens with zero attached hydrogens (tertiary/aromatic N) is 2. The van der Waals surface area contributed by atoms with Crippen molar-refractivity contribution in [3.05, 3.63) is 30.1 Å². The van der Waals surface area contributed by atoms with Crippen LogP contribution in [0.3, 0.4) is 0 Å². The summed E-state index contributed by atoms with van der Waals surface area (Å²) in [4.78, 5) is 6.91. The van der Waals surface area contributed by atoms with Crippen LogP contribution in [0, 0.1) is 11.8 Å². The Balaban J connectivity index is 2.31. The normalized spacial score (nSPS) is 30.9. The maximum absolute atomic E-state index is 6.46. The van der Waals surface area contributed by atoms with Gasteiger partial charge < -0.3 is 5.73 Å². The van der Waals surface area contributed by atoms with Crippen molar-refractivity contribution in [2.24, 2.45) is 17.6 Å². The minimum Gasteiger partial charge on any atom is -0.326 e. The Bertz CT molecular complexity index is 406. The molecule has 2 rings (SSSR count). The lowest BCUT2D eigenvalue weighted by atomic mass is 9.83. The molecule has 0 amide bonds. The Morgan fingerprint density at radius 2 is 2.15 bits per heavy atom. The number of aromatic nitrogens is 1. The number of nitrogens with two attached hydrogens (primary N) is 1. The van der Waals surface area contributed by atoms with Gasteiger partial charge in [-0.2, -0.15) is 0 Å². The fraction of sp³-hybridized carbons (Fsp3) is 0.706. The van der Waals surface area contributed by atoms with Gasteiger partial charge in [-0.1, -0.05) is 26.8 Å². The first-order valence-electron chi connectivity index (χ1n) is 7.95. The summed E-state index contributed by atoms with van der Waals surface area (Å²) in [7, 11) is 0. The van der Waals surface area contributed by atoms with Gasteiger partial charge in [0.2, 0.25) is 0 Å². The summed E-state index contributed by atoms with van der Waals surface area (Å²) >= 11 is 0. The zero-order valence-electron chi connectivity index (χ0n) is 13.3. The Labute approximate surface area is 123 Å². The molecule has 0 bridgehead atoms. The number of rotatable bonds is 4. The van der Waals surface area contributed by atoms with Crippen molar-refractivity contribution in [1.82, 2.24) is 9.88 Å². The molecule has 3 heteroatoms. The molecule has 3 nitrogen and oxygen atoms in total. The largest absolute Gasteiger partial charge is 0.326 e. The molecule has 112 valence electrons. The molecule has 1 saturated heterocycles. The highest BCUT2D eigenvalue weighted by molar-refractivity contribution is 5.17. The Morgan fingerprint density at radius 3 is 2.75 bits per heavy atom. The quantitative estimate of drug-likeness (QED) is 0.917. The predicted octanol–water partition coefficient (Wildman–Crippen LogP) is 3.23. The zero-order chi connectivity index (χ0) is 14.7. The fourth-order valence-electron chi connectivity index (χ4n) is 3.58. The average molecular weight is 275 g/mol. The van der Waals surface area contributed by atoms with Crippen molar-refractivity contribution in [2.75, 3.05) is 6.54 Å². The third-order valence-electron chi connectivity index (χ3n) is 4.90. The van der Waals surface area contributed by atoms with Crippen LogP contribution in [-0.4, -0.2) is 28.5 Å². The first kappa shape index (κ1) is 15.5. The van der Waals surface area contributed by atoms with Crippen LogP contribution in [0.1, 0.15) is 52.1 Å². The second-order valence-corrected chi connectivity index (χ2v) is 6.56. The summed E-state index contributed by atoms with van der Waals surface area (Å²) in [6, 6.07) is 5.22. The standard InChI is InChI=1S/C17H29N3/c1-5-16(18)17(15-7-6-8-19-10-15)20-11-12(2)9-13(3)14(20)4/h6-8,10,12-14,16-17H,5,9,11,18H2,1-4H3. The van der Waals surface area contributed by atoms with Crippen LogP contribution in [0.4, 0.5) is 0 Å². The van der Waals surface area contributed by atoms with Crippen molar-refractivity contribution < 1.29 is 0 Å². The lowest BCUT2D eigenvalue weighted by Crippen LogP contribution is -2.52. The van der Waals surface area contributed by atoms with Gasteiger partial charge in [0.15, 0.2) is 0 Å². The number of likely N-dealkylation sites (tertiary alicyclic amines) is 1. The van der Waals surface area contributed by atoms with Gasteiger partial charge in [-0.25, -0.2) is 0 Å².